The van der Waals surface area contributed by atoms with Crippen LogP contribution in [-0.4, -0.2) is 26.8 Å². The number of hydrogen-bond donors (Lipinski definition) is 1. The maximum Gasteiger partial charge on any atom is 0.267 e. The Morgan fingerprint density at radius 1 is 1.25 bits per heavy atom. The molecule has 0 aliphatic rings. The molecular formula is C13H16N4O2S. The lowest BCUT2D eigenvalue weighted by Crippen LogP contribution is -2.30. The van der Waals surface area contributed by atoms with Crippen LogP contribution in [0.2, 0.25) is 0 Å². The van der Waals surface area contributed by atoms with Gasteiger partial charge in [0.25, 0.3) is 5.91 Å². The van der Waals surface area contributed by atoms with E-state index >= 15 is 0 Å². The fraction of sp³-hybridized carbons (Fsp3) is 0.385. The molecule has 0 spiro atoms. The van der Waals surface area contributed by atoms with E-state index in [0.717, 1.165) is 11.5 Å². The van der Waals surface area contributed by atoms with Crippen LogP contribution in [0.15, 0.2) is 24.3 Å². The van der Waals surface area contributed by atoms with Gasteiger partial charge in [0.1, 0.15) is 5.75 Å². The van der Waals surface area contributed by atoms with Gasteiger partial charge in [-0.15, -0.1) is 0 Å². The summed E-state index contributed by atoms with van der Waals surface area (Å²) >= 11 is 1.02. The van der Waals surface area contributed by atoms with Gasteiger partial charge < -0.3 is 4.74 Å². The van der Waals surface area contributed by atoms with Crippen molar-refractivity contribution in [2.24, 2.45) is 0 Å². The standard InChI is InChI=1S/C13H16N4O2S/c1-8(2)10-4-6-11(7-5-10)19-9(3)12(18)14-13-15-16-17-20-13/h4-9H,1-3H3,(H,14,15,17,18). The summed E-state index contributed by atoms with van der Waals surface area (Å²) in [5.74, 6) is 0.846. The van der Waals surface area contributed by atoms with Crippen LogP contribution in [0.4, 0.5) is 5.13 Å². The van der Waals surface area contributed by atoms with Gasteiger partial charge >= 0.3 is 0 Å². The van der Waals surface area contributed by atoms with Crippen molar-refractivity contribution in [3.63, 3.8) is 0 Å². The van der Waals surface area contributed by atoms with Crippen molar-refractivity contribution < 1.29 is 9.53 Å². The second kappa shape index (κ2) is 6.42. The molecule has 0 saturated carbocycles. The van der Waals surface area contributed by atoms with E-state index in [0.29, 0.717) is 16.8 Å². The average molecular weight is 292 g/mol. The molecule has 20 heavy (non-hydrogen) atoms. The SMILES string of the molecule is CC(Oc1ccc(C(C)C)cc1)C(=O)Nc1nnns1. The highest BCUT2D eigenvalue weighted by Crippen LogP contribution is 2.19. The monoisotopic (exact) mass is 292 g/mol. The largest absolute Gasteiger partial charge is 0.481 e. The van der Waals surface area contributed by atoms with E-state index in [1.54, 1.807) is 6.92 Å². The molecule has 0 aliphatic heterocycles. The van der Waals surface area contributed by atoms with Gasteiger partial charge in [0.05, 0.1) is 0 Å². The minimum absolute atomic E-state index is 0.281. The molecule has 0 fully saturated rings. The Balaban J connectivity index is 1.93. The van der Waals surface area contributed by atoms with E-state index in [4.69, 9.17) is 4.74 Å². The third kappa shape index (κ3) is 3.74. The molecule has 0 aliphatic carbocycles. The Bertz CT molecular complexity index is 554. The number of amides is 1. The second-order valence-electron chi connectivity index (χ2n) is 4.64. The first-order valence-corrected chi connectivity index (χ1v) is 7.06. The first kappa shape index (κ1) is 14.4. The normalized spacial score (nSPS) is 12.2. The fourth-order valence-electron chi connectivity index (χ4n) is 1.58. The summed E-state index contributed by atoms with van der Waals surface area (Å²) < 4.78 is 9.15. The Morgan fingerprint density at radius 3 is 2.50 bits per heavy atom. The minimum atomic E-state index is -0.621. The highest BCUT2D eigenvalue weighted by Gasteiger charge is 2.16. The predicted molar refractivity (Wildman–Crippen MR) is 77.0 cm³/mol. The molecular weight excluding hydrogens is 276 g/mol. The van der Waals surface area contributed by atoms with Gasteiger partial charge in [-0.3, -0.25) is 10.1 Å². The van der Waals surface area contributed by atoms with E-state index in [2.05, 4.69) is 34.0 Å². The van der Waals surface area contributed by atoms with Crippen LogP contribution in [-0.2, 0) is 4.79 Å². The van der Waals surface area contributed by atoms with Crippen molar-refractivity contribution >= 4 is 22.6 Å². The van der Waals surface area contributed by atoms with E-state index in [-0.39, 0.29) is 5.91 Å². The van der Waals surface area contributed by atoms with Crippen molar-refractivity contribution in [3.8, 4) is 5.75 Å². The molecule has 1 amide bonds. The zero-order chi connectivity index (χ0) is 14.5. The number of nitrogens with zero attached hydrogens (tertiary/aromatic N) is 3. The van der Waals surface area contributed by atoms with Crippen LogP contribution in [0.25, 0.3) is 0 Å². The minimum Gasteiger partial charge on any atom is -0.481 e. The van der Waals surface area contributed by atoms with Crippen LogP contribution in [0.5, 0.6) is 5.75 Å². The molecule has 1 atom stereocenters. The number of benzene rings is 1. The molecule has 1 aromatic heterocycles. The fourth-order valence-corrected chi connectivity index (χ4v) is 1.95. The quantitative estimate of drug-likeness (QED) is 0.916. The lowest BCUT2D eigenvalue weighted by molar-refractivity contribution is -0.122. The number of ether oxygens (including phenoxy) is 1. The number of rotatable bonds is 5. The Hall–Kier alpha value is -2.02. The maximum absolute atomic E-state index is 11.9. The molecule has 1 heterocycles. The van der Waals surface area contributed by atoms with E-state index in [1.807, 2.05) is 24.3 Å². The Kier molecular flexibility index (Phi) is 4.62. The van der Waals surface area contributed by atoms with Crippen LogP contribution in [0.3, 0.4) is 0 Å². The lowest BCUT2D eigenvalue weighted by Gasteiger charge is -2.14. The number of carbonyl (C=O) groups excluding carboxylic acids is 1. The van der Waals surface area contributed by atoms with Crippen molar-refractivity contribution in [2.75, 3.05) is 5.32 Å². The molecule has 0 radical (unpaired) electrons. The first-order valence-electron chi connectivity index (χ1n) is 6.29. The van der Waals surface area contributed by atoms with E-state index < -0.39 is 6.10 Å². The molecule has 106 valence electrons. The topological polar surface area (TPSA) is 77.0 Å². The first-order chi connectivity index (χ1) is 9.56. The second-order valence-corrected chi connectivity index (χ2v) is 5.37. The molecule has 6 nitrogen and oxygen atoms in total. The molecule has 7 heteroatoms. The molecule has 0 saturated heterocycles. The van der Waals surface area contributed by atoms with Gasteiger partial charge in [0.2, 0.25) is 5.13 Å². The molecule has 2 aromatic rings. The van der Waals surface area contributed by atoms with Crippen molar-refractivity contribution in [1.29, 1.82) is 0 Å². The Morgan fingerprint density at radius 2 is 1.95 bits per heavy atom. The van der Waals surface area contributed by atoms with Crippen LogP contribution < -0.4 is 10.1 Å². The zero-order valence-corrected chi connectivity index (χ0v) is 12.3. The maximum atomic E-state index is 11.9. The number of carbonyl (C=O) groups is 1. The van der Waals surface area contributed by atoms with Gasteiger partial charge in [-0.1, -0.05) is 35.6 Å². The molecule has 1 N–H and O–H groups in total. The molecule has 0 bridgehead atoms. The van der Waals surface area contributed by atoms with Crippen molar-refractivity contribution in [1.82, 2.24) is 14.8 Å². The van der Waals surface area contributed by atoms with Gasteiger partial charge in [-0.05, 0) is 35.8 Å². The number of hydrogen-bond acceptors (Lipinski definition) is 6. The zero-order valence-electron chi connectivity index (χ0n) is 11.5. The summed E-state index contributed by atoms with van der Waals surface area (Å²) in [6, 6.07) is 7.73. The van der Waals surface area contributed by atoms with Gasteiger partial charge in [-0.2, -0.15) is 0 Å². The number of nitrogens with one attached hydrogen (secondary N) is 1. The van der Waals surface area contributed by atoms with Crippen LogP contribution >= 0.6 is 11.5 Å². The van der Waals surface area contributed by atoms with E-state index in [9.17, 15) is 4.79 Å². The summed E-state index contributed by atoms with van der Waals surface area (Å²) in [5.41, 5.74) is 1.23. The molecule has 2 rings (SSSR count). The van der Waals surface area contributed by atoms with Crippen molar-refractivity contribution in [3.05, 3.63) is 29.8 Å². The van der Waals surface area contributed by atoms with Crippen molar-refractivity contribution in [2.45, 2.75) is 32.8 Å². The summed E-state index contributed by atoms with van der Waals surface area (Å²) in [5, 5.41) is 10.0. The predicted octanol–water partition coefficient (Wildman–Crippen LogP) is 2.46. The number of anilines is 1. The smallest absolute Gasteiger partial charge is 0.267 e. The summed E-state index contributed by atoms with van der Waals surface area (Å²) in [4.78, 5) is 11.9. The third-order valence-electron chi connectivity index (χ3n) is 2.76. The van der Waals surface area contributed by atoms with Crippen LogP contribution in [0.1, 0.15) is 32.3 Å². The number of aromatic nitrogens is 3. The lowest BCUT2D eigenvalue weighted by atomic mass is 10.0. The summed E-state index contributed by atoms with van der Waals surface area (Å²) in [6.07, 6.45) is -0.621. The highest BCUT2D eigenvalue weighted by atomic mass is 32.1. The molecule has 1 unspecified atom stereocenters. The van der Waals surface area contributed by atoms with Crippen LogP contribution in [0, 0.1) is 0 Å². The van der Waals surface area contributed by atoms with Gasteiger partial charge in [-0.25, -0.2) is 0 Å². The average Bonchev–Trinajstić information content (AvgIpc) is 2.92. The van der Waals surface area contributed by atoms with Gasteiger partial charge in [0, 0.05) is 11.5 Å². The Labute approximate surface area is 121 Å². The summed E-state index contributed by atoms with van der Waals surface area (Å²) in [6.45, 7) is 5.93. The third-order valence-corrected chi connectivity index (χ3v) is 3.27. The highest BCUT2D eigenvalue weighted by molar-refractivity contribution is 7.09. The molecule has 1 aromatic carbocycles. The summed E-state index contributed by atoms with van der Waals surface area (Å²) in [7, 11) is 0. The van der Waals surface area contributed by atoms with Gasteiger partial charge in [0.15, 0.2) is 6.10 Å². The van der Waals surface area contributed by atoms with E-state index in [1.165, 1.54) is 5.56 Å².